The van der Waals surface area contributed by atoms with Gasteiger partial charge in [0.15, 0.2) is 0 Å². The molecule has 2 bridgehead atoms. The molecule has 4 heteroatoms. The first-order valence-corrected chi connectivity index (χ1v) is 9.62. The maximum atomic E-state index is 13.1. The molecule has 4 nitrogen and oxygen atoms in total. The first-order valence-electron chi connectivity index (χ1n) is 9.62. The normalized spacial score (nSPS) is 29.5. The minimum Gasteiger partial charge on any atom is -0.444 e. The number of benzene rings is 2. The summed E-state index contributed by atoms with van der Waals surface area (Å²) >= 11 is 0. The van der Waals surface area contributed by atoms with Gasteiger partial charge in [-0.15, -0.1) is 0 Å². The van der Waals surface area contributed by atoms with Crippen molar-refractivity contribution in [3.63, 3.8) is 0 Å². The molecule has 1 amide bonds. The fourth-order valence-electron chi connectivity index (χ4n) is 4.82. The van der Waals surface area contributed by atoms with Gasteiger partial charge in [0.25, 0.3) is 0 Å². The number of carbonyl (C=O) groups excluding carboxylic acids is 1. The van der Waals surface area contributed by atoms with Crippen molar-refractivity contribution in [2.45, 2.75) is 25.0 Å². The van der Waals surface area contributed by atoms with E-state index in [0.717, 1.165) is 38.0 Å². The summed E-state index contributed by atoms with van der Waals surface area (Å²) < 4.78 is 6.00. The summed E-state index contributed by atoms with van der Waals surface area (Å²) in [6, 6.07) is 18.7. The lowest BCUT2D eigenvalue weighted by Crippen LogP contribution is -2.44. The molecule has 0 radical (unpaired) electrons. The van der Waals surface area contributed by atoms with Crippen LogP contribution in [0.1, 0.15) is 29.2 Å². The molecule has 3 aliphatic heterocycles. The van der Waals surface area contributed by atoms with Gasteiger partial charge >= 0.3 is 6.09 Å². The highest BCUT2D eigenvalue weighted by atomic mass is 16.6. The van der Waals surface area contributed by atoms with Crippen molar-refractivity contribution >= 4 is 6.09 Å². The third-order valence-corrected chi connectivity index (χ3v) is 6.16. The second-order valence-electron chi connectivity index (χ2n) is 7.69. The van der Waals surface area contributed by atoms with Crippen LogP contribution in [0.3, 0.4) is 0 Å². The molecular weight excluding hydrogens is 324 g/mol. The summed E-state index contributed by atoms with van der Waals surface area (Å²) in [5, 5.41) is 0. The van der Waals surface area contributed by atoms with Crippen LogP contribution >= 0.6 is 0 Å². The molecule has 2 fully saturated rings. The zero-order chi connectivity index (χ0) is 17.5. The van der Waals surface area contributed by atoms with Crippen LogP contribution in [0.4, 0.5) is 4.79 Å². The third kappa shape index (κ3) is 2.69. The lowest BCUT2D eigenvalue weighted by molar-refractivity contribution is 0.0332. The number of rotatable bonds is 2. The maximum absolute atomic E-state index is 13.1. The van der Waals surface area contributed by atoms with Gasteiger partial charge in [0.05, 0.1) is 6.04 Å². The Morgan fingerprint density at radius 2 is 1.77 bits per heavy atom. The van der Waals surface area contributed by atoms with E-state index in [1.165, 1.54) is 11.1 Å². The molecule has 3 heterocycles. The van der Waals surface area contributed by atoms with Gasteiger partial charge in [-0.2, -0.15) is 0 Å². The number of carbonyl (C=O) groups is 1. The smallest absolute Gasteiger partial charge is 0.410 e. The Hall–Kier alpha value is -2.33. The van der Waals surface area contributed by atoms with Crippen molar-refractivity contribution in [3.05, 3.63) is 71.3 Å². The van der Waals surface area contributed by atoms with Crippen LogP contribution in [-0.2, 0) is 11.2 Å². The highest BCUT2D eigenvalue weighted by Crippen LogP contribution is 2.37. The van der Waals surface area contributed by atoms with E-state index in [0.29, 0.717) is 12.5 Å². The number of fused-ring (bicyclic) bond motifs is 3. The Bertz CT molecular complexity index is 807. The summed E-state index contributed by atoms with van der Waals surface area (Å²) in [5.41, 5.74) is 3.70. The van der Waals surface area contributed by atoms with Gasteiger partial charge in [0, 0.05) is 25.6 Å². The minimum atomic E-state index is -0.160. The zero-order valence-electron chi connectivity index (χ0n) is 14.9. The average Bonchev–Trinajstić information content (AvgIpc) is 3.31. The Kier molecular flexibility index (Phi) is 3.93. The maximum Gasteiger partial charge on any atom is 0.410 e. The summed E-state index contributed by atoms with van der Waals surface area (Å²) in [5.74, 6) is 0.520. The van der Waals surface area contributed by atoms with E-state index in [-0.39, 0.29) is 18.2 Å². The quantitative estimate of drug-likeness (QED) is 0.833. The fourth-order valence-corrected chi connectivity index (χ4v) is 4.82. The van der Waals surface area contributed by atoms with Gasteiger partial charge in [0.1, 0.15) is 6.10 Å². The molecule has 0 saturated carbocycles. The van der Waals surface area contributed by atoms with Crippen molar-refractivity contribution in [1.29, 1.82) is 0 Å². The summed E-state index contributed by atoms with van der Waals surface area (Å²) in [6.07, 6.45) is 1.94. The van der Waals surface area contributed by atoms with E-state index in [9.17, 15) is 4.79 Å². The molecule has 0 aromatic heterocycles. The molecule has 134 valence electrons. The van der Waals surface area contributed by atoms with E-state index in [2.05, 4.69) is 41.3 Å². The van der Waals surface area contributed by atoms with Gasteiger partial charge in [0.2, 0.25) is 0 Å². The molecule has 0 N–H and O–H groups in total. The topological polar surface area (TPSA) is 32.8 Å². The lowest BCUT2D eigenvalue weighted by atomic mass is 9.88. The second kappa shape index (κ2) is 6.44. The van der Waals surface area contributed by atoms with E-state index in [1.54, 1.807) is 0 Å². The predicted octanol–water partition coefficient (Wildman–Crippen LogP) is 3.47. The molecular formula is C22H24N2O2. The van der Waals surface area contributed by atoms with Crippen molar-refractivity contribution in [3.8, 4) is 0 Å². The largest absolute Gasteiger partial charge is 0.444 e. The third-order valence-electron chi connectivity index (χ3n) is 6.16. The first kappa shape index (κ1) is 15.9. The molecule has 4 atom stereocenters. The molecule has 2 unspecified atom stereocenters. The Morgan fingerprint density at radius 3 is 2.54 bits per heavy atom. The van der Waals surface area contributed by atoms with Gasteiger partial charge in [-0.3, -0.25) is 9.80 Å². The van der Waals surface area contributed by atoms with Gasteiger partial charge in [-0.25, -0.2) is 4.79 Å². The molecule has 0 aliphatic carbocycles. The Morgan fingerprint density at radius 1 is 0.962 bits per heavy atom. The average molecular weight is 348 g/mol. The van der Waals surface area contributed by atoms with E-state index in [4.69, 9.17) is 4.74 Å². The van der Waals surface area contributed by atoms with Gasteiger partial charge in [-0.1, -0.05) is 54.6 Å². The number of piperidine rings is 1. The molecule has 5 rings (SSSR count). The second-order valence-corrected chi connectivity index (χ2v) is 7.69. The van der Waals surface area contributed by atoms with E-state index < -0.39 is 0 Å². The predicted molar refractivity (Wildman–Crippen MR) is 100.0 cm³/mol. The number of hydrogen-bond acceptors (Lipinski definition) is 3. The molecule has 2 saturated heterocycles. The summed E-state index contributed by atoms with van der Waals surface area (Å²) in [4.78, 5) is 17.4. The Balaban J connectivity index is 1.44. The molecule has 3 aliphatic rings. The fraction of sp³-hybridized carbons (Fsp3) is 0.409. The summed E-state index contributed by atoms with van der Waals surface area (Å²) in [6.45, 7) is 3.85. The van der Waals surface area contributed by atoms with Crippen LogP contribution in [0.5, 0.6) is 0 Å². The lowest BCUT2D eigenvalue weighted by Gasteiger charge is -2.38. The monoisotopic (exact) mass is 348 g/mol. The standard InChI is InChI=1S/C22H24N2O2/c25-22(26-20-15-23-12-10-18(20)14-23)24-13-11-16-6-4-5-9-19(16)21(24)17-7-2-1-3-8-17/h1-9,18,20-21H,10-15H2/t18?,20-,21+/m1/s1. The van der Waals surface area contributed by atoms with Crippen molar-refractivity contribution in [1.82, 2.24) is 9.80 Å². The van der Waals surface area contributed by atoms with Crippen LogP contribution in [0.2, 0.25) is 0 Å². The number of hydrogen-bond donors (Lipinski definition) is 0. The molecule has 2 aromatic carbocycles. The first-order chi connectivity index (χ1) is 12.8. The minimum absolute atomic E-state index is 0.0600. The highest BCUT2D eigenvalue weighted by Gasteiger charge is 2.42. The van der Waals surface area contributed by atoms with Crippen LogP contribution in [0, 0.1) is 5.92 Å². The zero-order valence-corrected chi connectivity index (χ0v) is 14.9. The number of ether oxygens (including phenoxy) is 1. The SMILES string of the molecule is O=C(O[C@@H]1CN2CCC1C2)N1CCc2ccccc2[C@@H]1c1ccccc1. The van der Waals surface area contributed by atoms with Crippen molar-refractivity contribution in [2.24, 2.45) is 5.92 Å². The Labute approximate surface area is 154 Å². The molecule has 26 heavy (non-hydrogen) atoms. The van der Waals surface area contributed by atoms with Crippen LogP contribution in [-0.4, -0.2) is 48.2 Å². The molecule has 2 aromatic rings. The van der Waals surface area contributed by atoms with E-state index in [1.807, 2.05) is 23.1 Å². The van der Waals surface area contributed by atoms with Crippen LogP contribution in [0.25, 0.3) is 0 Å². The summed E-state index contributed by atoms with van der Waals surface area (Å²) in [7, 11) is 0. The van der Waals surface area contributed by atoms with Crippen LogP contribution in [0.15, 0.2) is 54.6 Å². The van der Waals surface area contributed by atoms with Crippen molar-refractivity contribution < 1.29 is 9.53 Å². The number of amides is 1. The van der Waals surface area contributed by atoms with E-state index >= 15 is 0 Å². The van der Waals surface area contributed by atoms with Crippen LogP contribution < -0.4 is 0 Å². The number of nitrogens with zero attached hydrogens (tertiary/aromatic N) is 2. The highest BCUT2D eigenvalue weighted by molar-refractivity contribution is 5.70. The van der Waals surface area contributed by atoms with Gasteiger partial charge in [-0.05, 0) is 36.1 Å². The van der Waals surface area contributed by atoms with Crippen molar-refractivity contribution in [2.75, 3.05) is 26.2 Å². The molecule has 0 spiro atoms. The van der Waals surface area contributed by atoms with Gasteiger partial charge < -0.3 is 4.74 Å².